The molecule has 1 aliphatic rings. The maximum atomic E-state index is 12.6. The molecule has 2 heterocycles. The summed E-state index contributed by atoms with van der Waals surface area (Å²) in [7, 11) is 2.07. The lowest BCUT2D eigenvalue weighted by Crippen LogP contribution is -2.44. The topological polar surface area (TPSA) is 62.5 Å². The van der Waals surface area contributed by atoms with E-state index >= 15 is 0 Å². The van der Waals surface area contributed by atoms with Crippen molar-refractivity contribution in [2.75, 3.05) is 37.3 Å². The van der Waals surface area contributed by atoms with Gasteiger partial charge in [0.2, 0.25) is 5.91 Å². The molecule has 19 heavy (non-hydrogen) atoms. The minimum atomic E-state index is 0.0815. The summed E-state index contributed by atoms with van der Waals surface area (Å²) in [5.41, 5.74) is 6.25. The number of anilines is 2. The number of nitrogens with zero attached hydrogens (tertiary/aromatic N) is 3. The molecule has 5 nitrogen and oxygen atoms in total. The summed E-state index contributed by atoms with van der Waals surface area (Å²) in [6, 6.07) is 3.59. The minimum absolute atomic E-state index is 0.0815. The van der Waals surface area contributed by atoms with Crippen molar-refractivity contribution in [2.45, 2.75) is 19.8 Å². The fraction of sp³-hybridized carbons (Fsp3) is 0.571. The molecule has 1 aromatic rings. The summed E-state index contributed by atoms with van der Waals surface area (Å²) >= 11 is 0. The third kappa shape index (κ3) is 3.23. The number of hydrogen-bond acceptors (Lipinski definition) is 4. The molecule has 1 saturated heterocycles. The second-order valence-corrected chi connectivity index (χ2v) is 5.13. The van der Waals surface area contributed by atoms with Crippen molar-refractivity contribution in [3.05, 3.63) is 18.3 Å². The molecule has 0 aliphatic carbocycles. The SMILES string of the molecule is CCN(C(=O)C1CCCN(C)C1)c1ccc(N)cn1. The highest BCUT2D eigenvalue weighted by Gasteiger charge is 2.28. The van der Waals surface area contributed by atoms with E-state index in [9.17, 15) is 4.79 Å². The fourth-order valence-corrected chi connectivity index (χ4v) is 2.58. The van der Waals surface area contributed by atoms with E-state index in [4.69, 9.17) is 5.73 Å². The number of likely N-dealkylation sites (tertiary alicyclic amines) is 1. The predicted molar refractivity (Wildman–Crippen MR) is 76.9 cm³/mol. The maximum Gasteiger partial charge on any atom is 0.232 e. The number of hydrogen-bond donors (Lipinski definition) is 1. The summed E-state index contributed by atoms with van der Waals surface area (Å²) in [5.74, 6) is 0.944. The van der Waals surface area contributed by atoms with E-state index < -0.39 is 0 Å². The third-order valence-corrected chi connectivity index (χ3v) is 3.60. The standard InChI is InChI=1S/C14H22N4O/c1-3-18(13-7-6-12(15)9-16-13)14(19)11-5-4-8-17(2)10-11/h6-7,9,11H,3-5,8,10,15H2,1-2H3. The van der Waals surface area contributed by atoms with Crippen LogP contribution < -0.4 is 10.6 Å². The van der Waals surface area contributed by atoms with Crippen molar-refractivity contribution in [3.8, 4) is 0 Å². The molecule has 1 unspecified atom stereocenters. The van der Waals surface area contributed by atoms with E-state index in [0.717, 1.165) is 25.9 Å². The van der Waals surface area contributed by atoms with Gasteiger partial charge in [-0.25, -0.2) is 4.98 Å². The number of nitrogen functional groups attached to an aromatic ring is 1. The summed E-state index contributed by atoms with van der Waals surface area (Å²) in [5, 5.41) is 0. The quantitative estimate of drug-likeness (QED) is 0.893. The van der Waals surface area contributed by atoms with Crippen LogP contribution in [0.25, 0.3) is 0 Å². The van der Waals surface area contributed by atoms with Crippen molar-refractivity contribution < 1.29 is 4.79 Å². The van der Waals surface area contributed by atoms with Crippen molar-refractivity contribution >= 4 is 17.4 Å². The number of pyridine rings is 1. The molecule has 0 radical (unpaired) electrons. The smallest absolute Gasteiger partial charge is 0.232 e. The first-order chi connectivity index (χ1) is 9.11. The molecule has 0 saturated carbocycles. The molecule has 1 aliphatic heterocycles. The van der Waals surface area contributed by atoms with Gasteiger partial charge in [0, 0.05) is 13.1 Å². The van der Waals surface area contributed by atoms with Crippen LogP contribution in [0.2, 0.25) is 0 Å². The zero-order valence-corrected chi connectivity index (χ0v) is 11.7. The molecule has 0 bridgehead atoms. The Bertz CT molecular complexity index is 432. The van der Waals surface area contributed by atoms with Crippen LogP contribution in [0.4, 0.5) is 11.5 Å². The summed E-state index contributed by atoms with van der Waals surface area (Å²) < 4.78 is 0. The molecule has 0 spiro atoms. The molecule has 2 rings (SSSR count). The molecular weight excluding hydrogens is 240 g/mol. The van der Waals surface area contributed by atoms with Crippen LogP contribution in [-0.2, 0) is 4.79 Å². The number of aromatic nitrogens is 1. The summed E-state index contributed by atoms with van der Waals surface area (Å²) in [6.07, 6.45) is 3.65. The molecule has 1 atom stereocenters. The van der Waals surface area contributed by atoms with Crippen LogP contribution >= 0.6 is 0 Å². The lowest BCUT2D eigenvalue weighted by Gasteiger charge is -2.32. The number of carbonyl (C=O) groups is 1. The number of carbonyl (C=O) groups excluding carboxylic acids is 1. The highest BCUT2D eigenvalue weighted by Crippen LogP contribution is 2.21. The summed E-state index contributed by atoms with van der Waals surface area (Å²) in [6.45, 7) is 4.53. The predicted octanol–water partition coefficient (Wildman–Crippen LogP) is 1.36. The first-order valence-corrected chi connectivity index (χ1v) is 6.83. The van der Waals surface area contributed by atoms with Gasteiger partial charge in [-0.05, 0) is 45.5 Å². The van der Waals surface area contributed by atoms with Gasteiger partial charge in [-0.2, -0.15) is 0 Å². The number of piperidine rings is 1. The van der Waals surface area contributed by atoms with Gasteiger partial charge in [0.15, 0.2) is 0 Å². The van der Waals surface area contributed by atoms with E-state index in [0.29, 0.717) is 18.1 Å². The van der Waals surface area contributed by atoms with Crippen molar-refractivity contribution in [2.24, 2.45) is 5.92 Å². The molecule has 1 amide bonds. The van der Waals surface area contributed by atoms with Gasteiger partial charge in [-0.15, -0.1) is 0 Å². The second kappa shape index (κ2) is 6.02. The Morgan fingerprint density at radius 3 is 2.95 bits per heavy atom. The summed E-state index contributed by atoms with van der Waals surface area (Å²) in [4.78, 5) is 20.8. The number of rotatable bonds is 3. The van der Waals surface area contributed by atoms with Gasteiger partial charge in [0.25, 0.3) is 0 Å². The van der Waals surface area contributed by atoms with E-state index in [-0.39, 0.29) is 11.8 Å². The van der Waals surface area contributed by atoms with Crippen molar-refractivity contribution in [1.29, 1.82) is 0 Å². The van der Waals surface area contributed by atoms with Gasteiger partial charge in [-0.3, -0.25) is 9.69 Å². The second-order valence-electron chi connectivity index (χ2n) is 5.13. The van der Waals surface area contributed by atoms with Crippen LogP contribution in [0.5, 0.6) is 0 Å². The molecule has 0 aromatic carbocycles. The number of nitrogens with two attached hydrogens (primary N) is 1. The molecule has 1 aromatic heterocycles. The van der Waals surface area contributed by atoms with Crippen LogP contribution in [0.1, 0.15) is 19.8 Å². The lowest BCUT2D eigenvalue weighted by atomic mass is 9.97. The fourth-order valence-electron chi connectivity index (χ4n) is 2.58. The minimum Gasteiger partial charge on any atom is -0.397 e. The molecular formula is C14H22N4O. The van der Waals surface area contributed by atoms with Crippen LogP contribution in [0.3, 0.4) is 0 Å². The maximum absolute atomic E-state index is 12.6. The molecule has 104 valence electrons. The van der Waals surface area contributed by atoms with Crippen LogP contribution in [-0.4, -0.2) is 42.5 Å². The first-order valence-electron chi connectivity index (χ1n) is 6.83. The van der Waals surface area contributed by atoms with Gasteiger partial charge in [0.1, 0.15) is 5.82 Å². The van der Waals surface area contributed by atoms with E-state index in [1.165, 1.54) is 0 Å². The van der Waals surface area contributed by atoms with E-state index in [1.54, 1.807) is 17.2 Å². The monoisotopic (exact) mass is 262 g/mol. The van der Waals surface area contributed by atoms with E-state index in [1.807, 2.05) is 13.0 Å². The average molecular weight is 262 g/mol. The van der Waals surface area contributed by atoms with Gasteiger partial charge >= 0.3 is 0 Å². The Morgan fingerprint density at radius 2 is 2.37 bits per heavy atom. The van der Waals surface area contributed by atoms with Crippen LogP contribution in [0, 0.1) is 5.92 Å². The average Bonchev–Trinajstić information content (AvgIpc) is 2.41. The Kier molecular flexibility index (Phi) is 4.37. The van der Waals surface area contributed by atoms with Gasteiger partial charge < -0.3 is 10.6 Å². The zero-order valence-electron chi connectivity index (χ0n) is 11.7. The number of amides is 1. The Hall–Kier alpha value is -1.62. The van der Waals surface area contributed by atoms with Crippen LogP contribution in [0.15, 0.2) is 18.3 Å². The van der Waals surface area contributed by atoms with E-state index in [2.05, 4.69) is 16.9 Å². The largest absolute Gasteiger partial charge is 0.397 e. The molecule has 1 fully saturated rings. The first kappa shape index (κ1) is 13.8. The molecule has 5 heteroatoms. The van der Waals surface area contributed by atoms with Crippen molar-refractivity contribution in [3.63, 3.8) is 0 Å². The zero-order chi connectivity index (χ0) is 13.8. The Labute approximate surface area is 114 Å². The molecule has 2 N–H and O–H groups in total. The highest BCUT2D eigenvalue weighted by atomic mass is 16.2. The Morgan fingerprint density at radius 1 is 1.58 bits per heavy atom. The van der Waals surface area contributed by atoms with Crippen molar-refractivity contribution in [1.82, 2.24) is 9.88 Å². The lowest BCUT2D eigenvalue weighted by molar-refractivity contribution is -0.123. The third-order valence-electron chi connectivity index (χ3n) is 3.60. The van der Waals surface area contributed by atoms with Gasteiger partial charge in [-0.1, -0.05) is 0 Å². The normalized spacial score (nSPS) is 20.2. The Balaban J connectivity index is 2.12. The highest BCUT2D eigenvalue weighted by molar-refractivity contribution is 5.94. The van der Waals surface area contributed by atoms with Gasteiger partial charge in [0.05, 0.1) is 17.8 Å².